The van der Waals surface area contributed by atoms with E-state index < -0.39 is 23.8 Å². The van der Waals surface area contributed by atoms with E-state index in [0.29, 0.717) is 25.8 Å². The molecule has 1 aromatic rings. The van der Waals surface area contributed by atoms with Crippen molar-refractivity contribution in [2.45, 2.75) is 32.2 Å². The van der Waals surface area contributed by atoms with Gasteiger partial charge in [0.05, 0.1) is 11.8 Å². The standard InChI is InChI=1S/C17H20N2O4/c1-10-2-4-11(5-3-10)19-9-8-14(16(19)21)18-15(20)12-6-7-13(12)17(22)23/h2-5,12-14H,6-9H2,1H3,(H,18,20)(H,22,23). The van der Waals surface area contributed by atoms with Crippen molar-refractivity contribution in [1.29, 1.82) is 0 Å². The van der Waals surface area contributed by atoms with Crippen LogP contribution < -0.4 is 10.2 Å². The minimum Gasteiger partial charge on any atom is -0.481 e. The van der Waals surface area contributed by atoms with Gasteiger partial charge in [-0.1, -0.05) is 17.7 Å². The second kappa shape index (κ2) is 6.02. The zero-order chi connectivity index (χ0) is 16.6. The first kappa shape index (κ1) is 15.5. The average Bonchev–Trinajstić information content (AvgIpc) is 2.79. The lowest BCUT2D eigenvalue weighted by atomic mass is 9.73. The fourth-order valence-electron chi connectivity index (χ4n) is 3.18. The van der Waals surface area contributed by atoms with Gasteiger partial charge >= 0.3 is 5.97 Å². The van der Waals surface area contributed by atoms with Gasteiger partial charge in [0.1, 0.15) is 6.04 Å². The highest BCUT2D eigenvalue weighted by atomic mass is 16.4. The third kappa shape index (κ3) is 2.93. The van der Waals surface area contributed by atoms with Crippen LogP contribution in [0.25, 0.3) is 0 Å². The monoisotopic (exact) mass is 316 g/mol. The summed E-state index contributed by atoms with van der Waals surface area (Å²) in [5.74, 6) is -2.50. The molecule has 2 fully saturated rings. The van der Waals surface area contributed by atoms with Crippen molar-refractivity contribution in [2.75, 3.05) is 11.4 Å². The number of benzene rings is 1. The van der Waals surface area contributed by atoms with Gasteiger partial charge in [-0.05, 0) is 38.3 Å². The number of aliphatic carboxylic acids is 1. The van der Waals surface area contributed by atoms with Crippen LogP contribution in [0.4, 0.5) is 5.69 Å². The fraction of sp³-hybridized carbons (Fsp3) is 0.471. The molecule has 2 amide bonds. The van der Waals surface area contributed by atoms with Gasteiger partial charge in [-0.25, -0.2) is 0 Å². The van der Waals surface area contributed by atoms with E-state index in [1.54, 1.807) is 4.90 Å². The van der Waals surface area contributed by atoms with Crippen LogP contribution in [0.2, 0.25) is 0 Å². The van der Waals surface area contributed by atoms with Gasteiger partial charge in [-0.15, -0.1) is 0 Å². The van der Waals surface area contributed by atoms with Crippen molar-refractivity contribution in [1.82, 2.24) is 5.32 Å². The minimum absolute atomic E-state index is 0.131. The number of nitrogens with zero attached hydrogens (tertiary/aromatic N) is 1. The Kier molecular flexibility index (Phi) is 4.07. The topological polar surface area (TPSA) is 86.7 Å². The average molecular weight is 316 g/mol. The Morgan fingerprint density at radius 1 is 1.13 bits per heavy atom. The highest BCUT2D eigenvalue weighted by Crippen LogP contribution is 2.35. The Hall–Kier alpha value is -2.37. The van der Waals surface area contributed by atoms with Crippen LogP contribution in [-0.2, 0) is 14.4 Å². The normalized spacial score (nSPS) is 26.7. The van der Waals surface area contributed by atoms with Crippen LogP contribution in [0.5, 0.6) is 0 Å². The molecule has 0 bridgehead atoms. The molecular formula is C17H20N2O4. The summed E-state index contributed by atoms with van der Waals surface area (Å²) in [6.45, 7) is 2.54. The van der Waals surface area contributed by atoms with Gasteiger partial charge < -0.3 is 15.3 Å². The number of carbonyl (C=O) groups excluding carboxylic acids is 2. The number of aryl methyl sites for hydroxylation is 1. The number of carbonyl (C=O) groups is 3. The van der Waals surface area contributed by atoms with Gasteiger partial charge in [0.25, 0.3) is 0 Å². The van der Waals surface area contributed by atoms with Crippen molar-refractivity contribution in [2.24, 2.45) is 11.8 Å². The highest BCUT2D eigenvalue weighted by Gasteiger charge is 2.43. The van der Waals surface area contributed by atoms with Crippen LogP contribution in [0.15, 0.2) is 24.3 Å². The number of amides is 2. The van der Waals surface area contributed by atoms with Gasteiger partial charge in [-0.2, -0.15) is 0 Å². The van der Waals surface area contributed by atoms with Crippen LogP contribution in [-0.4, -0.2) is 35.5 Å². The zero-order valence-corrected chi connectivity index (χ0v) is 13.0. The van der Waals surface area contributed by atoms with Crippen LogP contribution in [0.3, 0.4) is 0 Å². The third-order valence-corrected chi connectivity index (χ3v) is 4.80. The number of anilines is 1. The number of hydrogen-bond acceptors (Lipinski definition) is 3. The Morgan fingerprint density at radius 3 is 2.35 bits per heavy atom. The summed E-state index contributed by atoms with van der Waals surface area (Å²) < 4.78 is 0. The van der Waals surface area contributed by atoms with E-state index in [4.69, 9.17) is 5.11 Å². The molecule has 0 radical (unpaired) electrons. The van der Waals surface area contributed by atoms with Gasteiger partial charge in [0.15, 0.2) is 0 Å². The molecule has 1 aromatic carbocycles. The number of rotatable bonds is 4. The maximum atomic E-state index is 12.5. The molecule has 1 aliphatic carbocycles. The van der Waals surface area contributed by atoms with E-state index in [-0.39, 0.29) is 11.8 Å². The molecule has 2 aliphatic rings. The van der Waals surface area contributed by atoms with Crippen molar-refractivity contribution in [3.8, 4) is 0 Å². The summed E-state index contributed by atoms with van der Waals surface area (Å²) >= 11 is 0. The quantitative estimate of drug-likeness (QED) is 0.877. The van der Waals surface area contributed by atoms with Crippen molar-refractivity contribution in [3.63, 3.8) is 0 Å². The summed E-state index contributed by atoms with van der Waals surface area (Å²) in [5.41, 5.74) is 1.94. The van der Waals surface area contributed by atoms with Gasteiger partial charge in [-0.3, -0.25) is 14.4 Å². The number of carboxylic acids is 1. The van der Waals surface area contributed by atoms with E-state index in [9.17, 15) is 14.4 Å². The molecule has 1 saturated heterocycles. The maximum absolute atomic E-state index is 12.5. The molecule has 6 heteroatoms. The van der Waals surface area contributed by atoms with E-state index >= 15 is 0 Å². The Labute approximate surface area is 134 Å². The lowest BCUT2D eigenvalue weighted by Crippen LogP contribution is -2.49. The molecule has 0 spiro atoms. The Bertz CT molecular complexity index is 640. The molecule has 6 nitrogen and oxygen atoms in total. The minimum atomic E-state index is -0.935. The van der Waals surface area contributed by atoms with Crippen molar-refractivity contribution < 1.29 is 19.5 Å². The molecule has 3 unspecified atom stereocenters. The van der Waals surface area contributed by atoms with Crippen LogP contribution >= 0.6 is 0 Å². The second-order valence-corrected chi connectivity index (χ2v) is 6.30. The summed E-state index contributed by atoms with van der Waals surface area (Å²) in [6.07, 6.45) is 1.65. The Morgan fingerprint density at radius 2 is 1.78 bits per heavy atom. The Balaban J connectivity index is 1.62. The van der Waals surface area contributed by atoms with Crippen LogP contribution in [0, 0.1) is 18.8 Å². The van der Waals surface area contributed by atoms with E-state index in [1.807, 2.05) is 31.2 Å². The summed E-state index contributed by atoms with van der Waals surface area (Å²) in [5, 5.41) is 11.8. The zero-order valence-electron chi connectivity index (χ0n) is 13.0. The van der Waals surface area contributed by atoms with Crippen molar-refractivity contribution in [3.05, 3.63) is 29.8 Å². The molecule has 3 rings (SSSR count). The first-order valence-electron chi connectivity index (χ1n) is 7.88. The number of hydrogen-bond donors (Lipinski definition) is 2. The fourth-order valence-corrected chi connectivity index (χ4v) is 3.18. The molecule has 1 saturated carbocycles. The molecule has 3 atom stereocenters. The van der Waals surface area contributed by atoms with Gasteiger partial charge in [0, 0.05) is 12.2 Å². The number of nitrogens with one attached hydrogen (secondary N) is 1. The highest BCUT2D eigenvalue weighted by molar-refractivity contribution is 6.01. The first-order chi connectivity index (χ1) is 11.0. The predicted octanol–water partition coefficient (Wildman–Crippen LogP) is 1.33. The number of carboxylic acid groups (broad SMARTS) is 1. The van der Waals surface area contributed by atoms with E-state index in [1.165, 1.54) is 0 Å². The smallest absolute Gasteiger partial charge is 0.307 e. The second-order valence-electron chi connectivity index (χ2n) is 6.30. The third-order valence-electron chi connectivity index (χ3n) is 4.80. The largest absolute Gasteiger partial charge is 0.481 e. The molecule has 1 aliphatic heterocycles. The maximum Gasteiger partial charge on any atom is 0.307 e. The molecule has 0 aromatic heterocycles. The molecule has 23 heavy (non-hydrogen) atoms. The molecule has 2 N–H and O–H groups in total. The molecule has 1 heterocycles. The lowest BCUT2D eigenvalue weighted by molar-refractivity contribution is -0.153. The van der Waals surface area contributed by atoms with Crippen LogP contribution in [0.1, 0.15) is 24.8 Å². The van der Waals surface area contributed by atoms with E-state index in [2.05, 4.69) is 5.32 Å². The molecular weight excluding hydrogens is 296 g/mol. The summed E-state index contributed by atoms with van der Waals surface area (Å²) in [4.78, 5) is 37.3. The predicted molar refractivity (Wildman–Crippen MR) is 83.9 cm³/mol. The van der Waals surface area contributed by atoms with E-state index in [0.717, 1.165) is 11.3 Å². The summed E-state index contributed by atoms with van der Waals surface area (Å²) in [7, 11) is 0. The lowest BCUT2D eigenvalue weighted by Gasteiger charge is -2.32. The van der Waals surface area contributed by atoms with Crippen molar-refractivity contribution >= 4 is 23.5 Å². The van der Waals surface area contributed by atoms with Gasteiger partial charge in [0.2, 0.25) is 11.8 Å². The summed E-state index contributed by atoms with van der Waals surface area (Å²) in [6, 6.07) is 7.12. The SMILES string of the molecule is Cc1ccc(N2CCC(NC(=O)C3CCC3C(=O)O)C2=O)cc1. The molecule has 122 valence electrons. The first-order valence-corrected chi connectivity index (χ1v) is 7.88.